The monoisotopic (exact) mass is 282 g/mol. The number of carbonyl (C=O) groups excluding carboxylic acids is 1. The molecule has 0 spiro atoms. The van der Waals surface area contributed by atoms with Gasteiger partial charge in [-0.15, -0.1) is 0 Å². The van der Waals surface area contributed by atoms with Gasteiger partial charge in [0.15, 0.2) is 0 Å². The summed E-state index contributed by atoms with van der Waals surface area (Å²) in [6, 6.07) is 6.08. The average Bonchev–Trinajstić information content (AvgIpc) is 2.42. The van der Waals surface area contributed by atoms with E-state index in [1.54, 1.807) is 6.07 Å². The molecule has 0 saturated carbocycles. The minimum absolute atomic E-state index is 0.158. The van der Waals surface area contributed by atoms with E-state index in [-0.39, 0.29) is 17.8 Å². The molecule has 5 heteroatoms. The number of esters is 1. The fourth-order valence-electron chi connectivity index (χ4n) is 2.05. The van der Waals surface area contributed by atoms with Crippen LogP contribution in [0, 0.1) is 5.82 Å². The number of carbonyl (C=O) groups is 1. The van der Waals surface area contributed by atoms with Crippen molar-refractivity contribution in [2.24, 2.45) is 0 Å². The first-order valence-electron chi connectivity index (χ1n) is 6.82. The maximum absolute atomic E-state index is 13.3. The molecule has 20 heavy (non-hydrogen) atoms. The van der Waals surface area contributed by atoms with Crippen molar-refractivity contribution in [1.29, 1.82) is 0 Å². The molecule has 1 aromatic carbocycles. The molecule has 0 aromatic heterocycles. The van der Waals surface area contributed by atoms with Crippen LogP contribution in [0.3, 0.4) is 0 Å². The van der Waals surface area contributed by atoms with Gasteiger partial charge in [-0.25, -0.2) is 4.39 Å². The summed E-state index contributed by atoms with van der Waals surface area (Å²) in [4.78, 5) is 13.8. The van der Waals surface area contributed by atoms with Crippen LogP contribution in [0.25, 0.3) is 0 Å². The van der Waals surface area contributed by atoms with E-state index in [2.05, 4.69) is 5.32 Å². The molecule has 0 amide bonds. The summed E-state index contributed by atoms with van der Waals surface area (Å²) in [6.07, 6.45) is 0. The number of hydrogen-bond acceptors (Lipinski definition) is 4. The SMILES string of the molecule is CCN(CC(NC(C)C)C(=O)OC)c1cccc(F)c1. The number of ether oxygens (including phenoxy) is 1. The fourth-order valence-corrected chi connectivity index (χ4v) is 2.05. The first kappa shape index (κ1) is 16.4. The summed E-state index contributed by atoms with van der Waals surface area (Å²) < 4.78 is 18.1. The van der Waals surface area contributed by atoms with Crippen LogP contribution in [0.1, 0.15) is 20.8 Å². The second kappa shape index (κ2) is 7.85. The van der Waals surface area contributed by atoms with Crippen LogP contribution in [0.15, 0.2) is 24.3 Å². The minimum atomic E-state index is -0.441. The smallest absolute Gasteiger partial charge is 0.324 e. The molecule has 0 aliphatic rings. The molecule has 0 aliphatic heterocycles. The fraction of sp³-hybridized carbons (Fsp3) is 0.533. The molecule has 0 aliphatic carbocycles. The van der Waals surface area contributed by atoms with E-state index < -0.39 is 6.04 Å². The van der Waals surface area contributed by atoms with E-state index in [1.165, 1.54) is 19.2 Å². The Morgan fingerprint density at radius 1 is 1.45 bits per heavy atom. The number of nitrogens with zero attached hydrogens (tertiary/aromatic N) is 1. The molecule has 1 aromatic rings. The summed E-state index contributed by atoms with van der Waals surface area (Å²) >= 11 is 0. The van der Waals surface area contributed by atoms with Crippen LogP contribution >= 0.6 is 0 Å². The second-order valence-electron chi connectivity index (χ2n) is 4.92. The van der Waals surface area contributed by atoms with E-state index in [1.807, 2.05) is 31.7 Å². The van der Waals surface area contributed by atoms with Gasteiger partial charge in [0.05, 0.1) is 7.11 Å². The second-order valence-corrected chi connectivity index (χ2v) is 4.92. The molecular formula is C15H23FN2O2. The highest BCUT2D eigenvalue weighted by Crippen LogP contribution is 2.16. The van der Waals surface area contributed by atoms with Gasteiger partial charge < -0.3 is 15.0 Å². The Hall–Kier alpha value is -1.62. The quantitative estimate of drug-likeness (QED) is 0.778. The van der Waals surface area contributed by atoms with Gasteiger partial charge >= 0.3 is 5.97 Å². The topological polar surface area (TPSA) is 41.6 Å². The van der Waals surface area contributed by atoms with Crippen molar-refractivity contribution < 1.29 is 13.9 Å². The van der Waals surface area contributed by atoms with Crippen molar-refractivity contribution in [1.82, 2.24) is 5.32 Å². The molecule has 1 unspecified atom stereocenters. The number of halogens is 1. The highest BCUT2D eigenvalue weighted by molar-refractivity contribution is 5.76. The number of likely N-dealkylation sites (N-methyl/N-ethyl adjacent to an activating group) is 1. The summed E-state index contributed by atoms with van der Waals surface area (Å²) in [5.41, 5.74) is 0.756. The molecule has 0 bridgehead atoms. The number of anilines is 1. The highest BCUT2D eigenvalue weighted by Gasteiger charge is 2.22. The predicted octanol–water partition coefficient (Wildman–Crippen LogP) is 2.19. The summed E-state index contributed by atoms with van der Waals surface area (Å²) in [7, 11) is 1.37. The van der Waals surface area contributed by atoms with Gasteiger partial charge in [0.25, 0.3) is 0 Å². The van der Waals surface area contributed by atoms with E-state index >= 15 is 0 Å². The first-order valence-corrected chi connectivity index (χ1v) is 6.82. The number of methoxy groups -OCH3 is 1. The van der Waals surface area contributed by atoms with Crippen molar-refractivity contribution in [2.45, 2.75) is 32.9 Å². The van der Waals surface area contributed by atoms with E-state index in [0.29, 0.717) is 13.1 Å². The standard InChI is InChI=1S/C15H23FN2O2/c1-5-18(13-8-6-7-12(16)9-13)10-14(15(19)20-4)17-11(2)3/h6-9,11,14,17H,5,10H2,1-4H3. The molecule has 4 nitrogen and oxygen atoms in total. The zero-order valence-electron chi connectivity index (χ0n) is 12.5. The van der Waals surface area contributed by atoms with Gasteiger partial charge in [0.2, 0.25) is 0 Å². The number of benzene rings is 1. The Morgan fingerprint density at radius 3 is 2.65 bits per heavy atom. The Labute approximate surface area is 119 Å². The third-order valence-corrected chi connectivity index (χ3v) is 2.98. The Bertz CT molecular complexity index is 438. The van der Waals surface area contributed by atoms with Crippen LogP contribution in [0.2, 0.25) is 0 Å². The van der Waals surface area contributed by atoms with Crippen LogP contribution in [-0.4, -0.2) is 38.3 Å². The lowest BCUT2D eigenvalue weighted by atomic mass is 10.2. The third kappa shape index (κ3) is 4.81. The van der Waals surface area contributed by atoms with Crippen molar-refractivity contribution in [3.05, 3.63) is 30.1 Å². The van der Waals surface area contributed by atoms with Gasteiger partial charge in [-0.05, 0) is 25.1 Å². The maximum atomic E-state index is 13.3. The summed E-state index contributed by atoms with van der Waals surface area (Å²) in [5, 5.41) is 3.17. The summed E-state index contributed by atoms with van der Waals surface area (Å²) in [6.45, 7) is 7.01. The molecule has 0 radical (unpaired) electrons. The van der Waals surface area contributed by atoms with Crippen LogP contribution in [0.4, 0.5) is 10.1 Å². The van der Waals surface area contributed by atoms with Crippen LogP contribution in [-0.2, 0) is 9.53 Å². The number of rotatable bonds is 7. The zero-order valence-corrected chi connectivity index (χ0v) is 12.5. The molecular weight excluding hydrogens is 259 g/mol. The lowest BCUT2D eigenvalue weighted by Gasteiger charge is -2.28. The molecule has 0 fully saturated rings. The molecule has 0 saturated heterocycles. The molecule has 112 valence electrons. The molecule has 1 N–H and O–H groups in total. The van der Waals surface area contributed by atoms with Gasteiger partial charge in [-0.1, -0.05) is 19.9 Å². The lowest BCUT2D eigenvalue weighted by Crippen LogP contribution is -2.49. The van der Waals surface area contributed by atoms with Crippen LogP contribution in [0.5, 0.6) is 0 Å². The summed E-state index contributed by atoms with van der Waals surface area (Å²) in [5.74, 6) is -0.596. The number of hydrogen-bond donors (Lipinski definition) is 1. The largest absolute Gasteiger partial charge is 0.468 e. The molecule has 1 atom stereocenters. The first-order chi connectivity index (χ1) is 9.47. The number of nitrogens with one attached hydrogen (secondary N) is 1. The van der Waals surface area contributed by atoms with Crippen LogP contribution < -0.4 is 10.2 Å². The highest BCUT2D eigenvalue weighted by atomic mass is 19.1. The van der Waals surface area contributed by atoms with Crippen molar-refractivity contribution in [3.8, 4) is 0 Å². The van der Waals surface area contributed by atoms with Gasteiger partial charge in [0, 0.05) is 24.8 Å². The van der Waals surface area contributed by atoms with Crippen molar-refractivity contribution >= 4 is 11.7 Å². The maximum Gasteiger partial charge on any atom is 0.324 e. The zero-order chi connectivity index (χ0) is 15.1. The molecule has 0 heterocycles. The van der Waals surface area contributed by atoms with E-state index in [0.717, 1.165) is 5.69 Å². The van der Waals surface area contributed by atoms with E-state index in [9.17, 15) is 9.18 Å². The average molecular weight is 282 g/mol. The van der Waals surface area contributed by atoms with Crippen molar-refractivity contribution in [3.63, 3.8) is 0 Å². The molecule has 1 rings (SSSR count). The predicted molar refractivity (Wildman–Crippen MR) is 78.4 cm³/mol. The normalized spacial score (nSPS) is 12.3. The van der Waals surface area contributed by atoms with Gasteiger partial charge in [-0.2, -0.15) is 0 Å². The van der Waals surface area contributed by atoms with Gasteiger partial charge in [-0.3, -0.25) is 4.79 Å². The van der Waals surface area contributed by atoms with Crippen molar-refractivity contribution in [2.75, 3.05) is 25.1 Å². The Kier molecular flexibility index (Phi) is 6.45. The van der Waals surface area contributed by atoms with E-state index in [4.69, 9.17) is 4.74 Å². The Balaban J connectivity index is 2.85. The third-order valence-electron chi connectivity index (χ3n) is 2.98. The Morgan fingerprint density at radius 2 is 2.15 bits per heavy atom. The minimum Gasteiger partial charge on any atom is -0.468 e. The van der Waals surface area contributed by atoms with Gasteiger partial charge in [0.1, 0.15) is 11.9 Å². The lowest BCUT2D eigenvalue weighted by molar-refractivity contribution is -0.143.